The third-order valence-corrected chi connectivity index (χ3v) is 2.44. The number of nitrogens with one attached hydrogen (secondary N) is 1. The van der Waals surface area contributed by atoms with Crippen molar-refractivity contribution in [2.24, 2.45) is 0 Å². The Morgan fingerprint density at radius 1 is 1.31 bits per heavy atom. The highest BCUT2D eigenvalue weighted by Gasteiger charge is 2.28. The fourth-order valence-corrected chi connectivity index (χ4v) is 1.20. The van der Waals surface area contributed by atoms with E-state index in [1.54, 1.807) is 0 Å². The minimum absolute atomic E-state index is 0.00701. The average molecular weight is 226 g/mol. The van der Waals surface area contributed by atoms with Gasteiger partial charge in [0.2, 0.25) is 5.91 Å². The van der Waals surface area contributed by atoms with Crippen molar-refractivity contribution < 1.29 is 9.53 Å². The van der Waals surface area contributed by atoms with E-state index in [0.29, 0.717) is 12.8 Å². The zero-order chi connectivity index (χ0) is 12.8. The monoisotopic (exact) mass is 226 g/mol. The third kappa shape index (κ3) is 5.13. The second kappa shape index (κ2) is 5.86. The Morgan fingerprint density at radius 2 is 1.81 bits per heavy atom. The van der Waals surface area contributed by atoms with Gasteiger partial charge in [0.05, 0.1) is 11.7 Å². The van der Waals surface area contributed by atoms with Crippen molar-refractivity contribution in [2.45, 2.75) is 58.6 Å². The fraction of sp³-hybridized carbons (Fsp3) is 0.833. The number of carbonyl (C=O) groups excluding carboxylic acids is 1. The number of hydrogen-bond acceptors (Lipinski definition) is 3. The fourth-order valence-electron chi connectivity index (χ4n) is 1.20. The zero-order valence-electron chi connectivity index (χ0n) is 10.9. The first-order chi connectivity index (χ1) is 7.28. The lowest BCUT2D eigenvalue weighted by molar-refractivity contribution is -0.132. The van der Waals surface area contributed by atoms with Crippen molar-refractivity contribution in [3.63, 3.8) is 0 Å². The van der Waals surface area contributed by atoms with Gasteiger partial charge in [-0.1, -0.05) is 13.8 Å². The minimum atomic E-state index is -0.752. The lowest BCUT2D eigenvalue weighted by Crippen LogP contribution is -2.48. The molecule has 0 aromatic carbocycles. The first-order valence-electron chi connectivity index (χ1n) is 5.65. The second-order valence-corrected chi connectivity index (χ2v) is 4.85. The van der Waals surface area contributed by atoms with Crippen molar-refractivity contribution in [2.75, 3.05) is 6.61 Å². The van der Waals surface area contributed by atoms with Gasteiger partial charge in [0, 0.05) is 0 Å². The molecule has 1 N–H and O–H groups in total. The van der Waals surface area contributed by atoms with E-state index < -0.39 is 5.54 Å². The normalized spacial score (nSPS) is 12.0. The molecule has 0 aromatic rings. The van der Waals surface area contributed by atoms with Gasteiger partial charge in [-0.2, -0.15) is 5.26 Å². The van der Waals surface area contributed by atoms with E-state index in [9.17, 15) is 4.79 Å². The molecule has 0 saturated carbocycles. The van der Waals surface area contributed by atoms with E-state index >= 15 is 0 Å². The SMILES string of the molecule is CCC(C#N)(CC)NC(=O)COC(C)(C)C. The summed E-state index contributed by atoms with van der Waals surface area (Å²) in [4.78, 5) is 11.6. The van der Waals surface area contributed by atoms with Crippen LogP contribution in [-0.4, -0.2) is 23.7 Å². The molecule has 0 spiro atoms. The number of hydrogen-bond donors (Lipinski definition) is 1. The summed E-state index contributed by atoms with van der Waals surface area (Å²) in [5.74, 6) is -0.236. The summed E-state index contributed by atoms with van der Waals surface area (Å²) in [6, 6.07) is 2.16. The molecule has 92 valence electrons. The van der Waals surface area contributed by atoms with Crippen LogP contribution >= 0.6 is 0 Å². The van der Waals surface area contributed by atoms with Gasteiger partial charge in [-0.05, 0) is 33.6 Å². The molecule has 0 aliphatic heterocycles. The lowest BCUT2D eigenvalue weighted by atomic mass is 9.95. The first kappa shape index (κ1) is 14.9. The molecule has 16 heavy (non-hydrogen) atoms. The zero-order valence-corrected chi connectivity index (χ0v) is 10.9. The Balaban J connectivity index is 4.29. The highest BCUT2D eigenvalue weighted by Crippen LogP contribution is 2.13. The summed E-state index contributed by atoms with van der Waals surface area (Å²) in [5, 5.41) is 11.8. The van der Waals surface area contributed by atoms with Crippen LogP contribution in [0.25, 0.3) is 0 Å². The Morgan fingerprint density at radius 3 is 2.12 bits per heavy atom. The van der Waals surface area contributed by atoms with Crippen LogP contribution in [0, 0.1) is 11.3 Å². The van der Waals surface area contributed by atoms with Crippen LogP contribution in [0.15, 0.2) is 0 Å². The smallest absolute Gasteiger partial charge is 0.247 e. The maximum atomic E-state index is 11.6. The number of carbonyl (C=O) groups is 1. The molecule has 0 unspecified atom stereocenters. The van der Waals surface area contributed by atoms with Crippen LogP contribution in [0.5, 0.6) is 0 Å². The van der Waals surface area contributed by atoms with E-state index in [1.165, 1.54) is 0 Å². The van der Waals surface area contributed by atoms with Gasteiger partial charge in [0.15, 0.2) is 0 Å². The second-order valence-electron chi connectivity index (χ2n) is 4.85. The topological polar surface area (TPSA) is 62.1 Å². The molecule has 0 aliphatic rings. The van der Waals surface area contributed by atoms with E-state index in [0.717, 1.165) is 0 Å². The molecule has 0 bridgehead atoms. The van der Waals surface area contributed by atoms with Crippen molar-refractivity contribution in [3.8, 4) is 6.07 Å². The highest BCUT2D eigenvalue weighted by atomic mass is 16.5. The Hall–Kier alpha value is -1.08. The van der Waals surface area contributed by atoms with Gasteiger partial charge in [0.1, 0.15) is 12.1 Å². The van der Waals surface area contributed by atoms with Gasteiger partial charge in [-0.25, -0.2) is 0 Å². The molecule has 4 heteroatoms. The molecular formula is C12H22N2O2. The van der Waals surface area contributed by atoms with Gasteiger partial charge in [-0.3, -0.25) is 4.79 Å². The summed E-state index contributed by atoms with van der Waals surface area (Å²) < 4.78 is 5.35. The molecule has 0 atom stereocenters. The largest absolute Gasteiger partial charge is 0.366 e. The lowest BCUT2D eigenvalue weighted by Gasteiger charge is -2.26. The quantitative estimate of drug-likeness (QED) is 0.780. The molecule has 0 saturated heterocycles. The summed E-state index contributed by atoms with van der Waals surface area (Å²) in [6.45, 7) is 9.43. The first-order valence-corrected chi connectivity index (χ1v) is 5.65. The minimum Gasteiger partial charge on any atom is -0.366 e. The predicted molar refractivity (Wildman–Crippen MR) is 62.8 cm³/mol. The van der Waals surface area contributed by atoms with Crippen molar-refractivity contribution in [1.29, 1.82) is 5.26 Å². The van der Waals surface area contributed by atoms with Crippen LogP contribution in [-0.2, 0) is 9.53 Å². The molecule has 0 aliphatic carbocycles. The maximum Gasteiger partial charge on any atom is 0.247 e. The number of amides is 1. The van der Waals surface area contributed by atoms with Crippen molar-refractivity contribution >= 4 is 5.91 Å². The number of rotatable bonds is 5. The van der Waals surface area contributed by atoms with E-state index in [1.807, 2.05) is 34.6 Å². The van der Waals surface area contributed by atoms with Crippen LogP contribution in [0.1, 0.15) is 47.5 Å². The van der Waals surface area contributed by atoms with Crippen LogP contribution in [0.3, 0.4) is 0 Å². The molecule has 0 radical (unpaired) electrons. The number of nitrogens with zero attached hydrogens (tertiary/aromatic N) is 1. The standard InChI is InChI=1S/C12H22N2O2/c1-6-12(7-2,9-13)14-10(15)8-16-11(3,4)5/h6-8H2,1-5H3,(H,14,15). The van der Waals surface area contributed by atoms with Gasteiger partial charge in [0.25, 0.3) is 0 Å². The maximum absolute atomic E-state index is 11.6. The number of ether oxygens (including phenoxy) is 1. The van der Waals surface area contributed by atoms with Gasteiger partial charge < -0.3 is 10.1 Å². The van der Waals surface area contributed by atoms with Crippen molar-refractivity contribution in [1.82, 2.24) is 5.32 Å². The summed E-state index contributed by atoms with van der Waals surface area (Å²) >= 11 is 0. The van der Waals surface area contributed by atoms with E-state index in [-0.39, 0.29) is 18.1 Å². The molecule has 0 aromatic heterocycles. The summed E-state index contributed by atoms with van der Waals surface area (Å²) in [6.07, 6.45) is 1.20. The predicted octanol–water partition coefficient (Wildman–Crippen LogP) is 2.00. The van der Waals surface area contributed by atoms with Gasteiger partial charge in [-0.15, -0.1) is 0 Å². The third-order valence-electron chi connectivity index (χ3n) is 2.44. The Bertz CT molecular complexity index is 270. The molecule has 0 heterocycles. The van der Waals surface area contributed by atoms with Crippen LogP contribution < -0.4 is 5.32 Å². The molecule has 0 rings (SSSR count). The molecular weight excluding hydrogens is 204 g/mol. The molecule has 0 fully saturated rings. The number of nitriles is 1. The summed E-state index contributed by atoms with van der Waals surface area (Å²) in [5.41, 5.74) is -1.09. The van der Waals surface area contributed by atoms with E-state index in [4.69, 9.17) is 10.00 Å². The Kier molecular flexibility index (Phi) is 5.46. The van der Waals surface area contributed by atoms with Crippen LogP contribution in [0.2, 0.25) is 0 Å². The van der Waals surface area contributed by atoms with E-state index in [2.05, 4.69) is 11.4 Å². The van der Waals surface area contributed by atoms with Crippen LogP contribution in [0.4, 0.5) is 0 Å². The molecule has 1 amide bonds. The highest BCUT2D eigenvalue weighted by molar-refractivity contribution is 5.78. The molecule has 4 nitrogen and oxygen atoms in total. The average Bonchev–Trinajstić information content (AvgIpc) is 2.22. The van der Waals surface area contributed by atoms with Crippen molar-refractivity contribution in [3.05, 3.63) is 0 Å². The summed E-state index contributed by atoms with van der Waals surface area (Å²) in [7, 11) is 0. The van der Waals surface area contributed by atoms with Gasteiger partial charge >= 0.3 is 0 Å². The Labute approximate surface area is 98.0 Å².